The molecule has 6 nitrogen and oxygen atoms in total. The minimum Gasteiger partial charge on any atom is -0.459 e. The fraction of sp³-hybridized carbons (Fsp3) is 0.300. The Hall–Kier alpha value is -2.54. The summed E-state index contributed by atoms with van der Waals surface area (Å²) in [6, 6.07) is 16.1. The molecular formula is C20H18O6. The third-order valence-corrected chi connectivity index (χ3v) is 4.77. The zero-order chi connectivity index (χ0) is 18.4. The summed E-state index contributed by atoms with van der Waals surface area (Å²) in [4.78, 5) is 25.7. The van der Waals surface area contributed by atoms with E-state index in [1.165, 1.54) is 14.0 Å². The molecule has 0 saturated carbocycles. The summed E-state index contributed by atoms with van der Waals surface area (Å²) in [5, 5.41) is 0. The van der Waals surface area contributed by atoms with Crippen molar-refractivity contribution in [2.45, 2.75) is 31.2 Å². The lowest BCUT2D eigenvalue weighted by Gasteiger charge is -2.30. The number of carbonyl (C=O) groups is 2. The molecule has 0 aromatic heterocycles. The van der Waals surface area contributed by atoms with Crippen molar-refractivity contribution in [1.29, 1.82) is 0 Å². The molecule has 1 fully saturated rings. The van der Waals surface area contributed by atoms with Gasteiger partial charge in [-0.2, -0.15) is 0 Å². The predicted molar refractivity (Wildman–Crippen MR) is 90.1 cm³/mol. The van der Waals surface area contributed by atoms with Crippen LogP contribution in [0.25, 0.3) is 0 Å². The standard InChI is InChI=1S/C20H18O6/c1-19(18(22)24-12-13-8-4-3-5-9-13)17-16(21)14-10-6-7-11-15(14)20(23-2,25-17)26-19/h3-11,17H,12H2,1-2H3/t17-,19+,20+/m0/s1. The average molecular weight is 354 g/mol. The lowest BCUT2D eigenvalue weighted by atomic mass is 9.89. The third kappa shape index (κ3) is 2.38. The van der Waals surface area contributed by atoms with Gasteiger partial charge in [0.1, 0.15) is 6.61 Å². The molecule has 0 radical (unpaired) electrons. The smallest absolute Gasteiger partial charge is 0.341 e. The first-order chi connectivity index (χ1) is 12.5. The minimum atomic E-state index is -1.61. The number of carbonyl (C=O) groups excluding carboxylic acids is 2. The highest BCUT2D eigenvalue weighted by Crippen LogP contribution is 2.50. The Morgan fingerprint density at radius 1 is 1.12 bits per heavy atom. The normalized spacial score (nSPS) is 29.3. The highest BCUT2D eigenvalue weighted by atomic mass is 16.9. The molecule has 2 aromatic rings. The lowest BCUT2D eigenvalue weighted by Crippen LogP contribution is -2.49. The van der Waals surface area contributed by atoms with Gasteiger partial charge in [0.15, 0.2) is 11.9 Å². The predicted octanol–water partition coefficient (Wildman–Crippen LogP) is 2.56. The Kier molecular flexibility index (Phi) is 3.91. The SMILES string of the molecule is CO[C@@]12O[C@@H](C(=O)c3ccccc31)[C@](C)(C(=O)OCc1ccccc1)O2. The maximum Gasteiger partial charge on any atom is 0.341 e. The molecule has 0 spiro atoms. The van der Waals surface area contributed by atoms with E-state index in [2.05, 4.69) is 0 Å². The third-order valence-electron chi connectivity index (χ3n) is 4.77. The minimum absolute atomic E-state index is 0.0759. The van der Waals surface area contributed by atoms with Gasteiger partial charge in [0.05, 0.1) is 5.56 Å². The zero-order valence-corrected chi connectivity index (χ0v) is 14.4. The van der Waals surface area contributed by atoms with E-state index in [1.54, 1.807) is 24.3 Å². The molecule has 0 aliphatic carbocycles. The maximum absolute atomic E-state index is 12.9. The molecule has 2 aliphatic heterocycles. The Morgan fingerprint density at radius 3 is 2.54 bits per heavy atom. The van der Waals surface area contributed by atoms with Crippen LogP contribution in [0.5, 0.6) is 0 Å². The second kappa shape index (κ2) is 6.02. The number of methoxy groups -OCH3 is 1. The first-order valence-electron chi connectivity index (χ1n) is 8.28. The highest BCUT2D eigenvalue weighted by Gasteiger charge is 2.67. The highest BCUT2D eigenvalue weighted by molar-refractivity contribution is 6.06. The van der Waals surface area contributed by atoms with Gasteiger partial charge in [-0.05, 0) is 12.5 Å². The number of ketones is 1. The van der Waals surface area contributed by atoms with Gasteiger partial charge >= 0.3 is 11.9 Å². The quantitative estimate of drug-likeness (QED) is 0.786. The fourth-order valence-corrected chi connectivity index (χ4v) is 3.37. The molecule has 0 amide bonds. The van der Waals surface area contributed by atoms with Crippen LogP contribution in [0.2, 0.25) is 0 Å². The van der Waals surface area contributed by atoms with E-state index in [4.69, 9.17) is 18.9 Å². The second-order valence-electron chi connectivity index (χ2n) is 6.44. The molecule has 2 aromatic carbocycles. The number of rotatable bonds is 4. The summed E-state index contributed by atoms with van der Waals surface area (Å²) in [5.74, 6) is -2.60. The summed E-state index contributed by atoms with van der Waals surface area (Å²) in [6.07, 6.45) is -1.14. The van der Waals surface area contributed by atoms with Crippen LogP contribution in [0, 0.1) is 0 Å². The summed E-state index contributed by atoms with van der Waals surface area (Å²) in [5.41, 5.74) is 0.0943. The molecule has 2 heterocycles. The van der Waals surface area contributed by atoms with E-state index in [1.807, 2.05) is 30.3 Å². The summed E-state index contributed by atoms with van der Waals surface area (Å²) in [6.45, 7) is 1.57. The average Bonchev–Trinajstić information content (AvgIpc) is 2.98. The summed E-state index contributed by atoms with van der Waals surface area (Å²) >= 11 is 0. The monoisotopic (exact) mass is 354 g/mol. The molecule has 26 heavy (non-hydrogen) atoms. The molecule has 0 N–H and O–H groups in total. The van der Waals surface area contributed by atoms with Crippen LogP contribution in [-0.4, -0.2) is 30.6 Å². The number of ether oxygens (including phenoxy) is 4. The van der Waals surface area contributed by atoms with Crippen LogP contribution in [0.4, 0.5) is 0 Å². The number of esters is 1. The van der Waals surface area contributed by atoms with Gasteiger partial charge in [-0.3, -0.25) is 4.79 Å². The Morgan fingerprint density at radius 2 is 1.81 bits per heavy atom. The Bertz CT molecular complexity index is 864. The van der Waals surface area contributed by atoms with Gasteiger partial charge in [-0.1, -0.05) is 54.6 Å². The van der Waals surface area contributed by atoms with E-state index >= 15 is 0 Å². The molecule has 3 atom stereocenters. The zero-order valence-electron chi connectivity index (χ0n) is 14.4. The van der Waals surface area contributed by atoms with Crippen LogP contribution >= 0.6 is 0 Å². The summed E-state index contributed by atoms with van der Waals surface area (Å²) in [7, 11) is 1.41. The van der Waals surface area contributed by atoms with Gasteiger partial charge in [0.25, 0.3) is 0 Å². The molecule has 134 valence electrons. The lowest BCUT2D eigenvalue weighted by molar-refractivity contribution is -0.348. The molecule has 0 unspecified atom stereocenters. The van der Waals surface area contributed by atoms with Crippen LogP contribution in [0.15, 0.2) is 54.6 Å². The molecule has 1 saturated heterocycles. The van der Waals surface area contributed by atoms with Crippen LogP contribution < -0.4 is 0 Å². The molecule has 6 heteroatoms. The molecule has 2 aliphatic rings. The van der Waals surface area contributed by atoms with Crippen molar-refractivity contribution in [3.8, 4) is 0 Å². The number of Topliss-reactive ketones (excluding diaryl/α,β-unsaturated/α-hetero) is 1. The van der Waals surface area contributed by atoms with Crippen LogP contribution in [0.3, 0.4) is 0 Å². The van der Waals surface area contributed by atoms with Crippen molar-refractivity contribution in [2.75, 3.05) is 7.11 Å². The number of fused-ring (bicyclic) bond motifs is 4. The van der Waals surface area contributed by atoms with Gasteiger partial charge < -0.3 is 18.9 Å². The van der Waals surface area contributed by atoms with Gasteiger partial charge in [-0.15, -0.1) is 0 Å². The van der Waals surface area contributed by atoms with E-state index in [0.29, 0.717) is 11.1 Å². The topological polar surface area (TPSA) is 71.1 Å². The van der Waals surface area contributed by atoms with E-state index in [0.717, 1.165) is 5.56 Å². The van der Waals surface area contributed by atoms with Gasteiger partial charge in [0.2, 0.25) is 5.60 Å². The molecule has 2 bridgehead atoms. The fourth-order valence-electron chi connectivity index (χ4n) is 3.37. The maximum atomic E-state index is 12.9. The van der Waals surface area contributed by atoms with Crippen molar-refractivity contribution in [1.82, 2.24) is 0 Å². The Labute approximate surface area is 150 Å². The number of hydrogen-bond acceptors (Lipinski definition) is 6. The van der Waals surface area contributed by atoms with Crippen molar-refractivity contribution >= 4 is 11.8 Å². The molecular weight excluding hydrogens is 336 g/mol. The first-order valence-corrected chi connectivity index (χ1v) is 8.28. The number of hydrogen-bond donors (Lipinski definition) is 0. The van der Waals surface area contributed by atoms with Crippen molar-refractivity contribution < 1.29 is 28.5 Å². The van der Waals surface area contributed by atoms with Gasteiger partial charge in [0, 0.05) is 12.7 Å². The van der Waals surface area contributed by atoms with E-state index in [-0.39, 0.29) is 12.4 Å². The molecule has 4 rings (SSSR count). The first kappa shape index (κ1) is 16.9. The van der Waals surface area contributed by atoms with Crippen LogP contribution in [0.1, 0.15) is 28.4 Å². The van der Waals surface area contributed by atoms with Crippen molar-refractivity contribution in [3.63, 3.8) is 0 Å². The van der Waals surface area contributed by atoms with Crippen LogP contribution in [-0.2, 0) is 36.3 Å². The van der Waals surface area contributed by atoms with E-state index in [9.17, 15) is 9.59 Å². The number of benzene rings is 2. The summed E-state index contributed by atoms with van der Waals surface area (Å²) < 4.78 is 22.5. The Balaban J connectivity index is 1.64. The van der Waals surface area contributed by atoms with Crippen molar-refractivity contribution in [3.05, 3.63) is 71.3 Å². The van der Waals surface area contributed by atoms with E-state index < -0.39 is 23.6 Å². The largest absolute Gasteiger partial charge is 0.459 e. The van der Waals surface area contributed by atoms with Gasteiger partial charge in [-0.25, -0.2) is 4.79 Å². The van der Waals surface area contributed by atoms with Crippen molar-refractivity contribution in [2.24, 2.45) is 0 Å². The second-order valence-corrected chi connectivity index (χ2v) is 6.44.